The Labute approximate surface area is 222 Å². The number of ether oxygens (including phenoxy) is 4. The molecule has 0 atom stereocenters. The smallest absolute Gasteiger partial charge is 0.338 e. The van der Waals surface area contributed by atoms with Crippen molar-refractivity contribution in [2.24, 2.45) is 0 Å². The minimum Gasteiger partial charge on any atom is -0.493 e. The lowest BCUT2D eigenvalue weighted by Crippen LogP contribution is -2.24. The normalized spacial score (nSPS) is 15.0. The van der Waals surface area contributed by atoms with Gasteiger partial charge < -0.3 is 28.3 Å². The van der Waals surface area contributed by atoms with Gasteiger partial charge in [-0.15, -0.1) is 0 Å². The predicted molar refractivity (Wildman–Crippen MR) is 146 cm³/mol. The Morgan fingerprint density at radius 3 is 2.39 bits per heavy atom. The van der Waals surface area contributed by atoms with E-state index < -0.39 is 11.4 Å². The molecular formula is C31H33NO6. The maximum atomic E-state index is 12.9. The first-order valence-electron chi connectivity index (χ1n) is 12.7. The Morgan fingerprint density at radius 1 is 0.974 bits per heavy atom. The molecule has 1 saturated heterocycles. The predicted octanol–water partition coefficient (Wildman–Crippen LogP) is 6.95. The molecule has 0 bridgehead atoms. The van der Waals surface area contributed by atoms with E-state index in [1.807, 2.05) is 82.3 Å². The molecule has 0 unspecified atom stereocenters. The number of rotatable bonds is 7. The van der Waals surface area contributed by atoms with Crippen molar-refractivity contribution in [3.63, 3.8) is 0 Å². The number of hydrogen-bond donors (Lipinski definition) is 0. The van der Waals surface area contributed by atoms with Gasteiger partial charge >= 0.3 is 5.97 Å². The Morgan fingerprint density at radius 2 is 1.71 bits per heavy atom. The number of furan rings is 1. The van der Waals surface area contributed by atoms with E-state index in [0.717, 1.165) is 22.3 Å². The van der Waals surface area contributed by atoms with Gasteiger partial charge in [0.15, 0.2) is 17.1 Å². The van der Waals surface area contributed by atoms with Crippen LogP contribution >= 0.6 is 0 Å². The second-order valence-corrected chi connectivity index (χ2v) is 10.4. The quantitative estimate of drug-likeness (QED) is 0.247. The summed E-state index contributed by atoms with van der Waals surface area (Å²) in [5, 5.41) is 0.846. The van der Waals surface area contributed by atoms with Crippen LogP contribution in [0.1, 0.15) is 49.4 Å². The van der Waals surface area contributed by atoms with Gasteiger partial charge in [0.25, 0.3) is 0 Å². The Bertz CT molecular complexity index is 1430. The first-order chi connectivity index (χ1) is 18.2. The molecule has 1 aliphatic heterocycles. The Kier molecular flexibility index (Phi) is 6.90. The minimum absolute atomic E-state index is 0.368. The number of carbonyl (C=O) groups excluding carboxylic acids is 1. The summed E-state index contributed by atoms with van der Waals surface area (Å²) in [7, 11) is 1.62. The molecule has 2 heterocycles. The van der Waals surface area contributed by atoms with Crippen molar-refractivity contribution in [3.05, 3.63) is 89.7 Å². The van der Waals surface area contributed by atoms with Gasteiger partial charge in [0, 0.05) is 17.6 Å². The molecule has 198 valence electrons. The molecule has 7 heteroatoms. The van der Waals surface area contributed by atoms with E-state index >= 15 is 0 Å². The van der Waals surface area contributed by atoms with Crippen molar-refractivity contribution in [3.8, 4) is 5.75 Å². The SMILES string of the molecule is COc1ccc(N(Cc2ccccc2)c2cccc(C(=O)OC(C)(C)C)c2)c2cc(C3(C)OCCO3)oc12. The van der Waals surface area contributed by atoms with Crippen LogP contribution in [0.25, 0.3) is 11.0 Å². The summed E-state index contributed by atoms with van der Waals surface area (Å²) in [6, 6.07) is 23.5. The highest BCUT2D eigenvalue weighted by molar-refractivity contribution is 5.98. The summed E-state index contributed by atoms with van der Waals surface area (Å²) in [6.45, 7) is 8.99. The fourth-order valence-electron chi connectivity index (χ4n) is 4.58. The zero-order chi connectivity index (χ0) is 26.9. The maximum absolute atomic E-state index is 12.9. The molecule has 0 spiro atoms. The number of benzene rings is 3. The highest BCUT2D eigenvalue weighted by atomic mass is 16.7. The van der Waals surface area contributed by atoms with E-state index in [1.165, 1.54) is 0 Å². The molecule has 1 aliphatic rings. The van der Waals surface area contributed by atoms with Gasteiger partial charge in [0.05, 0.1) is 31.6 Å². The lowest BCUT2D eigenvalue weighted by atomic mass is 10.1. The van der Waals surface area contributed by atoms with Crippen molar-refractivity contribution in [2.45, 2.75) is 45.6 Å². The highest BCUT2D eigenvalue weighted by Crippen LogP contribution is 2.43. The van der Waals surface area contributed by atoms with Gasteiger partial charge in [-0.2, -0.15) is 0 Å². The minimum atomic E-state index is -0.970. The summed E-state index contributed by atoms with van der Waals surface area (Å²) in [4.78, 5) is 15.1. The molecule has 0 amide bonds. The second-order valence-electron chi connectivity index (χ2n) is 10.4. The monoisotopic (exact) mass is 515 g/mol. The van der Waals surface area contributed by atoms with Crippen molar-refractivity contribution in [2.75, 3.05) is 25.2 Å². The van der Waals surface area contributed by atoms with Gasteiger partial charge in [-0.3, -0.25) is 0 Å². The zero-order valence-corrected chi connectivity index (χ0v) is 22.4. The third-order valence-corrected chi connectivity index (χ3v) is 6.40. The number of nitrogens with zero attached hydrogens (tertiary/aromatic N) is 1. The number of methoxy groups -OCH3 is 1. The van der Waals surface area contributed by atoms with E-state index in [-0.39, 0.29) is 5.97 Å². The van der Waals surface area contributed by atoms with Crippen LogP contribution in [0, 0.1) is 0 Å². The first kappa shape index (κ1) is 25.8. The van der Waals surface area contributed by atoms with Crippen molar-refractivity contribution < 1.29 is 28.2 Å². The molecule has 1 aromatic heterocycles. The van der Waals surface area contributed by atoms with E-state index in [4.69, 9.17) is 23.4 Å². The fraction of sp³-hybridized carbons (Fsp3) is 0.323. The van der Waals surface area contributed by atoms with Crippen LogP contribution in [0.5, 0.6) is 5.75 Å². The van der Waals surface area contributed by atoms with Gasteiger partial charge in [-0.05, 0) is 69.7 Å². The van der Waals surface area contributed by atoms with Gasteiger partial charge in [-0.1, -0.05) is 36.4 Å². The van der Waals surface area contributed by atoms with E-state index in [9.17, 15) is 4.79 Å². The Hall–Kier alpha value is -3.81. The molecule has 7 nitrogen and oxygen atoms in total. The molecular weight excluding hydrogens is 482 g/mol. The fourth-order valence-corrected chi connectivity index (χ4v) is 4.58. The van der Waals surface area contributed by atoms with E-state index in [0.29, 0.717) is 42.4 Å². The average Bonchev–Trinajstić information content (AvgIpc) is 3.55. The van der Waals surface area contributed by atoms with Gasteiger partial charge in [-0.25, -0.2) is 4.79 Å². The van der Waals surface area contributed by atoms with Crippen molar-refractivity contribution >= 4 is 28.3 Å². The molecule has 0 radical (unpaired) electrons. The third-order valence-electron chi connectivity index (χ3n) is 6.40. The zero-order valence-electron chi connectivity index (χ0n) is 22.4. The third kappa shape index (κ3) is 5.26. The molecule has 4 aromatic rings. The van der Waals surface area contributed by atoms with Gasteiger partial charge in [0.2, 0.25) is 5.79 Å². The molecule has 5 rings (SSSR count). The second kappa shape index (κ2) is 10.2. The maximum Gasteiger partial charge on any atom is 0.338 e. The summed E-state index contributed by atoms with van der Waals surface area (Å²) >= 11 is 0. The van der Waals surface area contributed by atoms with Gasteiger partial charge in [0.1, 0.15) is 5.60 Å². The first-order valence-corrected chi connectivity index (χ1v) is 12.7. The van der Waals surface area contributed by atoms with Crippen LogP contribution in [-0.4, -0.2) is 31.9 Å². The van der Waals surface area contributed by atoms with Crippen LogP contribution in [0.2, 0.25) is 0 Å². The topological polar surface area (TPSA) is 70.4 Å². The molecule has 0 saturated carbocycles. The van der Waals surface area contributed by atoms with Crippen LogP contribution < -0.4 is 9.64 Å². The Balaban J connectivity index is 1.64. The van der Waals surface area contributed by atoms with Crippen LogP contribution in [0.15, 0.2) is 77.2 Å². The number of esters is 1. The van der Waals surface area contributed by atoms with E-state index in [1.54, 1.807) is 13.2 Å². The van der Waals surface area contributed by atoms with Crippen LogP contribution in [-0.2, 0) is 26.5 Å². The standard InChI is InChI=1S/C31H33NO6/c1-30(2,3)38-29(33)22-12-9-13-23(18-22)32(20-21-10-7-6-8-11-21)25-14-15-26(34-5)28-24(25)19-27(37-28)31(4)35-16-17-36-31/h6-15,18-19H,16-17,20H2,1-5H3. The molecule has 1 fully saturated rings. The number of carbonyl (C=O) groups is 1. The lowest BCUT2D eigenvalue weighted by molar-refractivity contribution is -0.162. The molecule has 0 aliphatic carbocycles. The van der Waals surface area contributed by atoms with Crippen LogP contribution in [0.4, 0.5) is 11.4 Å². The molecule has 0 N–H and O–H groups in total. The summed E-state index contributed by atoms with van der Waals surface area (Å²) in [6.07, 6.45) is 0. The van der Waals surface area contributed by atoms with Crippen molar-refractivity contribution in [1.82, 2.24) is 0 Å². The molecule has 3 aromatic carbocycles. The lowest BCUT2D eigenvalue weighted by Gasteiger charge is -2.27. The van der Waals surface area contributed by atoms with Crippen molar-refractivity contribution in [1.29, 1.82) is 0 Å². The van der Waals surface area contributed by atoms with Crippen LogP contribution in [0.3, 0.4) is 0 Å². The summed E-state index contributed by atoms with van der Waals surface area (Å²) < 4.78 is 29.3. The average molecular weight is 516 g/mol. The molecule has 38 heavy (non-hydrogen) atoms. The largest absolute Gasteiger partial charge is 0.493 e. The summed E-state index contributed by atoms with van der Waals surface area (Å²) in [5.74, 6) is -0.160. The number of fused-ring (bicyclic) bond motifs is 1. The van der Waals surface area contributed by atoms with E-state index in [2.05, 4.69) is 17.0 Å². The highest BCUT2D eigenvalue weighted by Gasteiger charge is 2.37. The summed E-state index contributed by atoms with van der Waals surface area (Å²) in [5.41, 5.74) is 3.33. The number of hydrogen-bond acceptors (Lipinski definition) is 7. The number of anilines is 2.